The van der Waals surface area contributed by atoms with Crippen molar-refractivity contribution in [2.24, 2.45) is 5.41 Å². The van der Waals surface area contributed by atoms with Crippen LogP contribution >= 0.6 is 0 Å². The van der Waals surface area contributed by atoms with E-state index in [0.29, 0.717) is 11.1 Å². The van der Waals surface area contributed by atoms with Gasteiger partial charge in [0.1, 0.15) is 17.0 Å². The van der Waals surface area contributed by atoms with Gasteiger partial charge in [-0.25, -0.2) is 8.78 Å². The fourth-order valence-electron chi connectivity index (χ4n) is 3.64. The summed E-state index contributed by atoms with van der Waals surface area (Å²) in [7, 11) is 0. The van der Waals surface area contributed by atoms with Gasteiger partial charge in [-0.15, -0.1) is 0 Å². The molecule has 148 valence electrons. The van der Waals surface area contributed by atoms with Crippen molar-refractivity contribution in [3.63, 3.8) is 0 Å². The van der Waals surface area contributed by atoms with E-state index < -0.39 is 35.0 Å². The highest BCUT2D eigenvalue weighted by Gasteiger charge is 2.50. The molecule has 0 bridgehead atoms. The number of carboxylic acids is 1. The largest absolute Gasteiger partial charge is 0.481 e. The van der Waals surface area contributed by atoms with E-state index in [9.17, 15) is 28.6 Å². The second kappa shape index (κ2) is 7.67. The van der Waals surface area contributed by atoms with E-state index in [4.69, 9.17) is 0 Å². The van der Waals surface area contributed by atoms with Gasteiger partial charge in [-0.3, -0.25) is 9.59 Å². The van der Waals surface area contributed by atoms with Crippen LogP contribution < -0.4 is 0 Å². The summed E-state index contributed by atoms with van der Waals surface area (Å²) in [6.45, 7) is 1.55. The van der Waals surface area contributed by atoms with Crippen LogP contribution in [-0.2, 0) is 11.2 Å². The number of carbonyl (C=O) groups is 2. The van der Waals surface area contributed by atoms with E-state index in [1.165, 1.54) is 41.3 Å². The quantitative estimate of drug-likeness (QED) is 0.843. The molecule has 1 aliphatic rings. The summed E-state index contributed by atoms with van der Waals surface area (Å²) in [6.07, 6.45) is -1.22. The molecule has 7 heteroatoms. The Morgan fingerprint density at radius 3 is 2.46 bits per heavy atom. The Hall–Kier alpha value is -2.80. The number of carbonyl (C=O) groups excluding carboxylic acids is 1. The summed E-state index contributed by atoms with van der Waals surface area (Å²) in [5.41, 5.74) is -0.603. The normalized spacial score (nSPS) is 22.1. The average molecular weight is 389 g/mol. The van der Waals surface area contributed by atoms with Gasteiger partial charge < -0.3 is 15.1 Å². The number of carboxylic acid groups (broad SMARTS) is 1. The summed E-state index contributed by atoms with van der Waals surface area (Å²) < 4.78 is 27.4. The smallest absolute Gasteiger partial charge is 0.314 e. The topological polar surface area (TPSA) is 77.8 Å². The van der Waals surface area contributed by atoms with Crippen LogP contribution in [0.4, 0.5) is 8.78 Å². The minimum absolute atomic E-state index is 0.0483. The number of aliphatic hydroxyl groups excluding tert-OH is 1. The van der Waals surface area contributed by atoms with E-state index in [1.54, 1.807) is 13.0 Å². The van der Waals surface area contributed by atoms with Crippen molar-refractivity contribution in [1.29, 1.82) is 0 Å². The summed E-state index contributed by atoms with van der Waals surface area (Å²) in [4.78, 5) is 26.2. The summed E-state index contributed by atoms with van der Waals surface area (Å²) in [5, 5.41) is 20.4. The molecule has 5 nitrogen and oxygen atoms in total. The van der Waals surface area contributed by atoms with Gasteiger partial charge in [0.15, 0.2) is 0 Å². The first kappa shape index (κ1) is 19.9. The molecule has 1 amide bonds. The van der Waals surface area contributed by atoms with E-state index in [2.05, 4.69) is 0 Å². The zero-order valence-corrected chi connectivity index (χ0v) is 15.4. The molecular formula is C21H21F2NO4. The third-order valence-electron chi connectivity index (χ3n) is 5.28. The number of hydrogen-bond acceptors (Lipinski definition) is 3. The van der Waals surface area contributed by atoms with Gasteiger partial charge in [-0.1, -0.05) is 18.2 Å². The number of aryl methyl sites for hydroxylation is 1. The predicted octanol–water partition coefficient (Wildman–Crippen LogP) is 2.79. The number of hydrogen-bond donors (Lipinski definition) is 2. The number of likely N-dealkylation sites (tertiary alicyclic amines) is 1. The van der Waals surface area contributed by atoms with Gasteiger partial charge >= 0.3 is 5.97 Å². The van der Waals surface area contributed by atoms with Gasteiger partial charge in [0.05, 0.1) is 11.7 Å². The Kier molecular flexibility index (Phi) is 5.47. The molecule has 3 rings (SSSR count). The maximum atomic E-state index is 14.2. The minimum atomic E-state index is -1.66. The third-order valence-corrected chi connectivity index (χ3v) is 5.28. The fourth-order valence-corrected chi connectivity index (χ4v) is 3.64. The highest BCUT2D eigenvalue weighted by atomic mass is 19.1. The second-order valence-corrected chi connectivity index (χ2v) is 7.28. The first-order chi connectivity index (χ1) is 13.2. The highest BCUT2D eigenvalue weighted by Crippen LogP contribution is 2.35. The molecule has 0 radical (unpaired) electrons. The zero-order chi connectivity index (χ0) is 20.5. The lowest BCUT2D eigenvalue weighted by Gasteiger charge is -2.43. The van der Waals surface area contributed by atoms with Crippen molar-refractivity contribution in [3.05, 3.63) is 70.8 Å². The maximum Gasteiger partial charge on any atom is 0.314 e. The summed E-state index contributed by atoms with van der Waals surface area (Å²) in [5.74, 6) is -3.00. The molecule has 0 spiro atoms. The summed E-state index contributed by atoms with van der Waals surface area (Å²) >= 11 is 0. The molecule has 1 saturated heterocycles. The fraction of sp³-hybridized carbons (Fsp3) is 0.333. The summed E-state index contributed by atoms with van der Waals surface area (Å²) in [6, 6.07) is 9.56. The molecular weight excluding hydrogens is 368 g/mol. The number of piperidine rings is 1. The number of halogens is 2. The van der Waals surface area contributed by atoms with Crippen LogP contribution in [0.3, 0.4) is 0 Å². The van der Waals surface area contributed by atoms with Gasteiger partial charge in [0, 0.05) is 13.1 Å². The number of rotatable bonds is 4. The molecule has 28 heavy (non-hydrogen) atoms. The Morgan fingerprint density at radius 1 is 1.18 bits per heavy atom. The predicted molar refractivity (Wildman–Crippen MR) is 97.8 cm³/mol. The maximum absolute atomic E-state index is 14.2. The Bertz CT molecular complexity index is 900. The highest BCUT2D eigenvalue weighted by molar-refractivity contribution is 5.95. The van der Waals surface area contributed by atoms with Crippen molar-refractivity contribution in [1.82, 2.24) is 4.90 Å². The number of benzene rings is 2. The van der Waals surface area contributed by atoms with E-state index >= 15 is 0 Å². The monoisotopic (exact) mass is 389 g/mol. The molecule has 1 heterocycles. The molecule has 0 aromatic heterocycles. The van der Waals surface area contributed by atoms with Crippen molar-refractivity contribution in [2.45, 2.75) is 25.9 Å². The Balaban J connectivity index is 1.91. The lowest BCUT2D eigenvalue weighted by Crippen LogP contribution is -2.58. The average Bonchev–Trinajstić information content (AvgIpc) is 2.64. The molecule has 0 unspecified atom stereocenters. The third kappa shape index (κ3) is 3.75. The van der Waals surface area contributed by atoms with Crippen LogP contribution in [-0.4, -0.2) is 46.2 Å². The molecule has 0 saturated carbocycles. The molecule has 0 aliphatic carbocycles. The van der Waals surface area contributed by atoms with Crippen molar-refractivity contribution < 1.29 is 28.6 Å². The lowest BCUT2D eigenvalue weighted by molar-refractivity contribution is -0.161. The van der Waals surface area contributed by atoms with Gasteiger partial charge in [-0.2, -0.15) is 0 Å². The van der Waals surface area contributed by atoms with Crippen molar-refractivity contribution in [3.8, 4) is 0 Å². The molecule has 2 aromatic carbocycles. The van der Waals surface area contributed by atoms with Crippen LogP contribution in [0.2, 0.25) is 0 Å². The van der Waals surface area contributed by atoms with Crippen LogP contribution in [0, 0.1) is 24.0 Å². The van der Waals surface area contributed by atoms with Crippen LogP contribution in [0.1, 0.15) is 27.9 Å². The Morgan fingerprint density at radius 2 is 1.86 bits per heavy atom. The standard InChI is InChI=1S/C21H21F2NO4/c1-13-2-7-16(17(23)10-13)19(26)24-9-8-18(25)21(12-24,20(27)28)11-14-3-5-15(22)6-4-14/h2-7,10,18,25H,8-9,11-12H2,1H3,(H,27,28)/t18-,21-/m1/s1. The SMILES string of the molecule is Cc1ccc(C(=O)N2CC[C@@H](O)[C@](Cc3ccc(F)cc3)(C(=O)O)C2)c(F)c1. The van der Waals surface area contributed by atoms with E-state index in [-0.39, 0.29) is 31.5 Å². The molecule has 2 atom stereocenters. The second-order valence-electron chi connectivity index (χ2n) is 7.28. The van der Waals surface area contributed by atoms with Crippen LogP contribution in [0.5, 0.6) is 0 Å². The Labute approximate surface area is 161 Å². The number of aliphatic carboxylic acids is 1. The molecule has 1 fully saturated rings. The van der Waals surface area contributed by atoms with E-state index in [1.807, 2.05) is 0 Å². The van der Waals surface area contributed by atoms with Gasteiger partial charge in [-0.05, 0) is 55.2 Å². The molecule has 1 aliphatic heterocycles. The van der Waals surface area contributed by atoms with E-state index in [0.717, 1.165) is 0 Å². The van der Waals surface area contributed by atoms with Gasteiger partial charge in [0.2, 0.25) is 0 Å². The van der Waals surface area contributed by atoms with Crippen LogP contribution in [0.25, 0.3) is 0 Å². The van der Waals surface area contributed by atoms with Gasteiger partial charge in [0.25, 0.3) is 5.91 Å². The number of amides is 1. The van der Waals surface area contributed by atoms with Crippen molar-refractivity contribution in [2.75, 3.05) is 13.1 Å². The molecule has 2 N–H and O–H groups in total. The number of aliphatic hydroxyl groups is 1. The van der Waals surface area contributed by atoms with Crippen molar-refractivity contribution >= 4 is 11.9 Å². The molecule has 2 aromatic rings. The number of nitrogens with zero attached hydrogens (tertiary/aromatic N) is 1. The first-order valence-corrected chi connectivity index (χ1v) is 8.94. The van der Waals surface area contributed by atoms with Crippen LogP contribution in [0.15, 0.2) is 42.5 Å². The first-order valence-electron chi connectivity index (χ1n) is 8.94. The zero-order valence-electron chi connectivity index (χ0n) is 15.4. The minimum Gasteiger partial charge on any atom is -0.481 e. The lowest BCUT2D eigenvalue weighted by atomic mass is 9.72.